The van der Waals surface area contributed by atoms with Crippen LogP contribution in [-0.4, -0.2) is 13.5 Å². The van der Waals surface area contributed by atoms with Crippen LogP contribution in [0, 0.1) is 0 Å². The maximum Gasteiger partial charge on any atom is 0.240 e. The van der Waals surface area contributed by atoms with E-state index in [9.17, 15) is 8.78 Å². The fourth-order valence-electron chi connectivity index (χ4n) is 1.29. The first-order chi connectivity index (χ1) is 6.65. The normalized spacial score (nSPS) is 12.1. The van der Waals surface area contributed by atoms with E-state index in [1.807, 2.05) is 0 Å². The molecule has 2 nitrogen and oxygen atoms in total. The lowest BCUT2D eigenvalue weighted by Gasteiger charge is -2.14. The summed E-state index contributed by atoms with van der Waals surface area (Å²) in [6.45, 7) is 0. The highest BCUT2D eigenvalue weighted by atomic mass is 35.5. The molecule has 0 fully saturated rings. The van der Waals surface area contributed by atoms with Crippen molar-refractivity contribution < 1.29 is 13.5 Å². The van der Waals surface area contributed by atoms with E-state index >= 15 is 0 Å². The van der Waals surface area contributed by atoms with Crippen LogP contribution >= 0.6 is 12.4 Å². The Kier molecular flexibility index (Phi) is 6.20. The van der Waals surface area contributed by atoms with Crippen molar-refractivity contribution in [2.24, 2.45) is 5.73 Å². The van der Waals surface area contributed by atoms with Crippen molar-refractivity contribution >= 4 is 12.4 Å². The van der Waals surface area contributed by atoms with Crippen molar-refractivity contribution in [1.82, 2.24) is 0 Å². The third kappa shape index (κ3) is 4.01. The van der Waals surface area contributed by atoms with Gasteiger partial charge < -0.3 is 10.5 Å². The molecule has 0 aliphatic carbocycles. The first kappa shape index (κ1) is 14.1. The van der Waals surface area contributed by atoms with Crippen LogP contribution in [0.4, 0.5) is 8.78 Å². The van der Waals surface area contributed by atoms with Gasteiger partial charge in [-0.05, 0) is 6.07 Å². The van der Waals surface area contributed by atoms with Crippen LogP contribution in [0.2, 0.25) is 0 Å². The van der Waals surface area contributed by atoms with Crippen LogP contribution in [0.3, 0.4) is 0 Å². The molecule has 1 aromatic carbocycles. The fourth-order valence-corrected chi connectivity index (χ4v) is 1.29. The summed E-state index contributed by atoms with van der Waals surface area (Å²) in [6, 6.07) is 6.26. The Morgan fingerprint density at radius 1 is 1.33 bits per heavy atom. The van der Waals surface area contributed by atoms with E-state index in [0.717, 1.165) is 0 Å². The predicted molar refractivity (Wildman–Crippen MR) is 57.8 cm³/mol. The van der Waals surface area contributed by atoms with E-state index in [1.165, 1.54) is 7.11 Å². The summed E-state index contributed by atoms with van der Waals surface area (Å²) in [4.78, 5) is 0. The van der Waals surface area contributed by atoms with Crippen molar-refractivity contribution in [2.45, 2.75) is 18.9 Å². The topological polar surface area (TPSA) is 35.2 Å². The van der Waals surface area contributed by atoms with Gasteiger partial charge >= 0.3 is 0 Å². The Hall–Kier alpha value is -0.870. The summed E-state index contributed by atoms with van der Waals surface area (Å²) in [5.41, 5.74) is 6.23. The molecular formula is C10H14ClF2NO. The van der Waals surface area contributed by atoms with E-state index in [-0.39, 0.29) is 18.8 Å². The first-order valence-electron chi connectivity index (χ1n) is 4.31. The molecule has 15 heavy (non-hydrogen) atoms. The summed E-state index contributed by atoms with van der Waals surface area (Å²) >= 11 is 0. The molecule has 1 atom stereocenters. The molecule has 2 N–H and O–H groups in total. The fraction of sp³-hybridized carbons (Fsp3) is 0.400. The highest BCUT2D eigenvalue weighted by molar-refractivity contribution is 5.85. The number of methoxy groups -OCH3 is 1. The van der Waals surface area contributed by atoms with Gasteiger partial charge in [-0.2, -0.15) is 0 Å². The minimum absolute atomic E-state index is 0. The zero-order valence-corrected chi connectivity index (χ0v) is 9.14. The van der Waals surface area contributed by atoms with Gasteiger partial charge in [0.25, 0.3) is 0 Å². The molecule has 0 bridgehead atoms. The Morgan fingerprint density at radius 2 is 1.93 bits per heavy atom. The summed E-state index contributed by atoms with van der Waals surface area (Å²) in [5, 5.41) is 0. The number of hydrogen-bond acceptors (Lipinski definition) is 2. The zero-order chi connectivity index (χ0) is 10.6. The molecule has 1 rings (SSSR count). The number of para-hydroxylation sites is 1. The second-order valence-corrected chi connectivity index (χ2v) is 2.98. The predicted octanol–water partition coefficient (Wildman–Crippen LogP) is 2.77. The number of hydrogen-bond donors (Lipinski definition) is 1. The number of rotatable bonds is 4. The minimum atomic E-state index is -2.39. The molecule has 86 valence electrons. The van der Waals surface area contributed by atoms with Crippen molar-refractivity contribution in [2.75, 3.05) is 7.11 Å². The molecule has 5 heteroatoms. The van der Waals surface area contributed by atoms with Crippen LogP contribution in [-0.2, 0) is 0 Å². The molecule has 0 aliphatic rings. The monoisotopic (exact) mass is 237 g/mol. The highest BCUT2D eigenvalue weighted by Gasteiger charge is 2.15. The van der Waals surface area contributed by atoms with Crippen LogP contribution in [0.25, 0.3) is 0 Å². The molecule has 0 radical (unpaired) electrons. The lowest BCUT2D eigenvalue weighted by Crippen LogP contribution is -2.14. The van der Waals surface area contributed by atoms with Gasteiger partial charge in [0, 0.05) is 18.0 Å². The van der Waals surface area contributed by atoms with E-state index in [1.54, 1.807) is 24.3 Å². The van der Waals surface area contributed by atoms with Crippen LogP contribution in [0.1, 0.15) is 18.0 Å². The van der Waals surface area contributed by atoms with Gasteiger partial charge in [-0.15, -0.1) is 12.4 Å². The van der Waals surface area contributed by atoms with Crippen LogP contribution < -0.4 is 10.5 Å². The molecule has 1 aromatic rings. The van der Waals surface area contributed by atoms with E-state index in [0.29, 0.717) is 11.3 Å². The Bertz CT molecular complexity index is 297. The molecule has 0 amide bonds. The number of halogens is 3. The van der Waals surface area contributed by atoms with Gasteiger partial charge in [-0.1, -0.05) is 18.2 Å². The third-order valence-corrected chi connectivity index (χ3v) is 1.97. The molecular weight excluding hydrogens is 224 g/mol. The highest BCUT2D eigenvalue weighted by Crippen LogP contribution is 2.26. The van der Waals surface area contributed by atoms with Gasteiger partial charge in [0.05, 0.1) is 7.11 Å². The Labute approximate surface area is 93.8 Å². The molecule has 0 heterocycles. The summed E-state index contributed by atoms with van der Waals surface area (Å²) in [5.74, 6) is 0.556. The maximum absolute atomic E-state index is 12.1. The van der Waals surface area contributed by atoms with Crippen molar-refractivity contribution in [1.29, 1.82) is 0 Å². The minimum Gasteiger partial charge on any atom is -0.496 e. The van der Waals surface area contributed by atoms with Gasteiger partial charge in [0.2, 0.25) is 6.43 Å². The zero-order valence-electron chi connectivity index (χ0n) is 8.32. The summed E-state index contributed by atoms with van der Waals surface area (Å²) < 4.78 is 29.2. The second-order valence-electron chi connectivity index (χ2n) is 2.98. The quantitative estimate of drug-likeness (QED) is 0.874. The third-order valence-electron chi connectivity index (χ3n) is 1.97. The van der Waals surface area contributed by atoms with Crippen molar-refractivity contribution in [3.8, 4) is 5.75 Å². The molecule has 0 saturated carbocycles. The lowest BCUT2D eigenvalue weighted by atomic mass is 10.0. The maximum atomic E-state index is 12.1. The molecule has 0 aliphatic heterocycles. The van der Waals surface area contributed by atoms with Crippen molar-refractivity contribution in [3.63, 3.8) is 0 Å². The summed E-state index contributed by atoms with van der Waals surface area (Å²) in [6.07, 6.45) is -2.74. The van der Waals surface area contributed by atoms with Crippen molar-refractivity contribution in [3.05, 3.63) is 29.8 Å². The number of benzene rings is 1. The Morgan fingerprint density at radius 3 is 2.47 bits per heavy atom. The number of ether oxygens (including phenoxy) is 1. The largest absolute Gasteiger partial charge is 0.496 e. The lowest BCUT2D eigenvalue weighted by molar-refractivity contribution is 0.128. The van der Waals surface area contributed by atoms with Gasteiger partial charge in [0.1, 0.15) is 5.75 Å². The van der Waals surface area contributed by atoms with E-state index in [4.69, 9.17) is 10.5 Å². The van der Waals surface area contributed by atoms with E-state index in [2.05, 4.69) is 0 Å². The van der Waals surface area contributed by atoms with Gasteiger partial charge in [0.15, 0.2) is 0 Å². The summed E-state index contributed by atoms with van der Waals surface area (Å²) in [7, 11) is 1.49. The van der Waals surface area contributed by atoms with Gasteiger partial charge in [-0.25, -0.2) is 8.78 Å². The molecule has 0 saturated heterocycles. The molecule has 0 unspecified atom stereocenters. The average molecular weight is 238 g/mol. The molecule has 0 spiro atoms. The van der Waals surface area contributed by atoms with Crippen LogP contribution in [0.15, 0.2) is 24.3 Å². The number of alkyl halides is 2. The Balaban J connectivity index is 0.00000196. The number of nitrogens with two attached hydrogens (primary N) is 1. The van der Waals surface area contributed by atoms with Gasteiger partial charge in [-0.3, -0.25) is 0 Å². The average Bonchev–Trinajstić information content (AvgIpc) is 2.16. The van der Waals surface area contributed by atoms with Crippen LogP contribution in [0.5, 0.6) is 5.75 Å². The van der Waals surface area contributed by atoms with E-state index < -0.39 is 12.5 Å². The molecule has 0 aromatic heterocycles. The second kappa shape index (κ2) is 6.58. The first-order valence-corrected chi connectivity index (χ1v) is 4.31. The SMILES string of the molecule is COc1ccccc1[C@H](N)CC(F)F.Cl. The smallest absolute Gasteiger partial charge is 0.240 e. The standard InChI is InChI=1S/C10H13F2NO.ClH/c1-14-9-5-3-2-4-7(9)8(13)6-10(11)12;/h2-5,8,10H,6,13H2,1H3;1H/t8-;/m1./s1.